The SMILES string of the molecule is O=C1N(CC2CC2)C(c2cccs2)NC12CCCC2. The van der Waals surface area contributed by atoms with Crippen LogP contribution in [0.5, 0.6) is 0 Å². The van der Waals surface area contributed by atoms with Crippen LogP contribution in [0.2, 0.25) is 0 Å². The van der Waals surface area contributed by atoms with E-state index < -0.39 is 0 Å². The highest BCUT2D eigenvalue weighted by atomic mass is 32.1. The molecule has 19 heavy (non-hydrogen) atoms. The number of carbonyl (C=O) groups excluding carboxylic acids is 1. The number of nitrogens with zero attached hydrogens (tertiary/aromatic N) is 1. The fourth-order valence-corrected chi connectivity index (χ4v) is 4.36. The van der Waals surface area contributed by atoms with Gasteiger partial charge in [-0.2, -0.15) is 0 Å². The minimum atomic E-state index is -0.233. The number of nitrogens with one attached hydrogen (secondary N) is 1. The van der Waals surface area contributed by atoms with Crippen LogP contribution in [-0.4, -0.2) is 22.9 Å². The van der Waals surface area contributed by atoms with Gasteiger partial charge in [-0.1, -0.05) is 18.9 Å². The first-order valence-electron chi connectivity index (χ1n) is 7.41. The van der Waals surface area contributed by atoms with E-state index in [2.05, 4.69) is 27.7 Å². The molecule has 1 spiro atoms. The van der Waals surface area contributed by atoms with Crippen LogP contribution in [-0.2, 0) is 4.79 Å². The molecule has 1 amide bonds. The largest absolute Gasteiger partial charge is 0.320 e. The summed E-state index contributed by atoms with van der Waals surface area (Å²) in [5, 5.41) is 5.80. The number of thiophene rings is 1. The lowest BCUT2D eigenvalue weighted by atomic mass is 9.98. The smallest absolute Gasteiger partial charge is 0.244 e. The van der Waals surface area contributed by atoms with E-state index in [-0.39, 0.29) is 11.7 Å². The molecule has 3 aliphatic rings. The standard InChI is InChI=1S/C15H20N2OS/c18-14-15(7-1-2-8-15)16-13(12-4-3-9-19-12)17(14)10-11-5-6-11/h3-4,9,11,13,16H,1-2,5-8,10H2. The average molecular weight is 276 g/mol. The van der Waals surface area contributed by atoms with Crippen molar-refractivity contribution < 1.29 is 4.79 Å². The summed E-state index contributed by atoms with van der Waals surface area (Å²) < 4.78 is 0. The summed E-state index contributed by atoms with van der Waals surface area (Å²) in [6, 6.07) is 4.24. The third-order valence-electron chi connectivity index (χ3n) is 4.82. The first kappa shape index (κ1) is 11.9. The van der Waals surface area contributed by atoms with Gasteiger partial charge in [-0.25, -0.2) is 0 Å². The van der Waals surface area contributed by atoms with Gasteiger partial charge in [0.15, 0.2) is 0 Å². The predicted octanol–water partition coefficient (Wildman–Crippen LogP) is 2.90. The molecule has 1 unspecified atom stereocenters. The number of hydrogen-bond donors (Lipinski definition) is 1. The fraction of sp³-hybridized carbons (Fsp3) is 0.667. The van der Waals surface area contributed by atoms with Crippen molar-refractivity contribution in [1.82, 2.24) is 10.2 Å². The van der Waals surface area contributed by atoms with Crippen LogP contribution in [0.15, 0.2) is 17.5 Å². The van der Waals surface area contributed by atoms with E-state index in [4.69, 9.17) is 0 Å². The van der Waals surface area contributed by atoms with E-state index in [9.17, 15) is 4.79 Å². The molecule has 2 aliphatic carbocycles. The van der Waals surface area contributed by atoms with Crippen molar-refractivity contribution in [2.45, 2.75) is 50.2 Å². The molecule has 1 N–H and O–H groups in total. The summed E-state index contributed by atoms with van der Waals surface area (Å²) in [5.41, 5.74) is -0.233. The summed E-state index contributed by atoms with van der Waals surface area (Å²) in [5.74, 6) is 1.13. The number of carbonyl (C=O) groups is 1. The van der Waals surface area contributed by atoms with Crippen LogP contribution < -0.4 is 5.32 Å². The molecular weight excluding hydrogens is 256 g/mol. The number of hydrogen-bond acceptors (Lipinski definition) is 3. The van der Waals surface area contributed by atoms with Crippen LogP contribution in [0, 0.1) is 5.92 Å². The lowest BCUT2D eigenvalue weighted by molar-refractivity contribution is -0.133. The highest BCUT2D eigenvalue weighted by molar-refractivity contribution is 7.10. The maximum Gasteiger partial charge on any atom is 0.244 e. The Kier molecular flexibility index (Phi) is 2.71. The molecule has 0 radical (unpaired) electrons. The third-order valence-corrected chi connectivity index (χ3v) is 5.74. The third kappa shape index (κ3) is 1.93. The Labute approximate surface area is 118 Å². The second kappa shape index (κ2) is 4.32. The molecule has 4 heteroatoms. The van der Waals surface area contributed by atoms with E-state index in [0.29, 0.717) is 5.91 Å². The number of rotatable bonds is 3. The van der Waals surface area contributed by atoms with Crippen molar-refractivity contribution in [3.8, 4) is 0 Å². The van der Waals surface area contributed by atoms with Gasteiger partial charge in [-0.05, 0) is 43.0 Å². The van der Waals surface area contributed by atoms with Crippen LogP contribution >= 0.6 is 11.3 Å². The van der Waals surface area contributed by atoms with Gasteiger partial charge in [-0.3, -0.25) is 10.1 Å². The summed E-state index contributed by atoms with van der Waals surface area (Å²) in [6.45, 7) is 0.955. The predicted molar refractivity (Wildman–Crippen MR) is 75.8 cm³/mol. The zero-order valence-corrected chi connectivity index (χ0v) is 11.9. The molecule has 102 valence electrons. The normalized spacial score (nSPS) is 29.6. The molecule has 4 rings (SSSR count). The molecule has 3 nitrogen and oxygen atoms in total. The molecule has 3 fully saturated rings. The first-order valence-corrected chi connectivity index (χ1v) is 8.29. The lowest BCUT2D eigenvalue weighted by Gasteiger charge is -2.23. The maximum atomic E-state index is 12.9. The van der Waals surface area contributed by atoms with Gasteiger partial charge in [0.2, 0.25) is 5.91 Å². The van der Waals surface area contributed by atoms with Gasteiger partial charge in [0, 0.05) is 11.4 Å². The Morgan fingerprint density at radius 2 is 2.16 bits per heavy atom. The van der Waals surface area contributed by atoms with E-state index in [1.54, 1.807) is 11.3 Å². The van der Waals surface area contributed by atoms with Crippen LogP contribution in [0.4, 0.5) is 0 Å². The van der Waals surface area contributed by atoms with Gasteiger partial charge in [-0.15, -0.1) is 11.3 Å². The topological polar surface area (TPSA) is 32.3 Å². The molecule has 1 saturated heterocycles. The van der Waals surface area contributed by atoms with Crippen molar-refractivity contribution in [3.05, 3.63) is 22.4 Å². The fourth-order valence-electron chi connectivity index (χ4n) is 3.57. The monoisotopic (exact) mass is 276 g/mol. The average Bonchev–Trinajstić information content (AvgIpc) is 2.84. The zero-order valence-electron chi connectivity index (χ0n) is 11.1. The Balaban J connectivity index is 1.65. The number of amides is 1. The van der Waals surface area contributed by atoms with E-state index in [1.165, 1.54) is 30.6 Å². The van der Waals surface area contributed by atoms with Gasteiger partial charge < -0.3 is 4.90 Å². The highest BCUT2D eigenvalue weighted by Crippen LogP contribution is 2.43. The highest BCUT2D eigenvalue weighted by Gasteiger charge is 2.53. The minimum Gasteiger partial charge on any atom is -0.320 e. The van der Waals surface area contributed by atoms with Crippen molar-refractivity contribution in [2.75, 3.05) is 6.54 Å². The quantitative estimate of drug-likeness (QED) is 0.920. The van der Waals surface area contributed by atoms with Gasteiger partial charge in [0.25, 0.3) is 0 Å². The van der Waals surface area contributed by atoms with E-state index >= 15 is 0 Å². The Morgan fingerprint density at radius 1 is 1.37 bits per heavy atom. The molecular formula is C15H20N2OS. The van der Waals surface area contributed by atoms with Crippen molar-refractivity contribution in [2.24, 2.45) is 5.92 Å². The molecule has 1 aromatic heterocycles. The van der Waals surface area contributed by atoms with Crippen molar-refractivity contribution in [3.63, 3.8) is 0 Å². The molecule has 0 bridgehead atoms. The minimum absolute atomic E-state index is 0.131. The van der Waals surface area contributed by atoms with Crippen LogP contribution in [0.1, 0.15) is 49.6 Å². The van der Waals surface area contributed by atoms with Crippen molar-refractivity contribution in [1.29, 1.82) is 0 Å². The lowest BCUT2D eigenvalue weighted by Crippen LogP contribution is -2.44. The molecule has 1 atom stereocenters. The summed E-state index contributed by atoms with van der Waals surface area (Å²) in [6.07, 6.45) is 7.15. The Morgan fingerprint density at radius 3 is 2.79 bits per heavy atom. The van der Waals surface area contributed by atoms with E-state index in [0.717, 1.165) is 25.3 Å². The zero-order chi connectivity index (χ0) is 12.9. The van der Waals surface area contributed by atoms with Crippen LogP contribution in [0.25, 0.3) is 0 Å². The first-order chi connectivity index (χ1) is 9.28. The second-order valence-corrected chi connectivity index (χ2v) is 7.23. The molecule has 2 heterocycles. The Hall–Kier alpha value is -0.870. The van der Waals surface area contributed by atoms with Crippen LogP contribution in [0.3, 0.4) is 0 Å². The maximum absolute atomic E-state index is 12.9. The van der Waals surface area contributed by atoms with Gasteiger partial charge in [0.1, 0.15) is 6.17 Å². The summed E-state index contributed by atoms with van der Waals surface area (Å²) in [4.78, 5) is 16.3. The second-order valence-electron chi connectivity index (χ2n) is 6.25. The summed E-state index contributed by atoms with van der Waals surface area (Å²) in [7, 11) is 0. The molecule has 1 aromatic rings. The molecule has 0 aromatic carbocycles. The van der Waals surface area contributed by atoms with Gasteiger partial charge in [0.05, 0.1) is 5.54 Å². The Bertz CT molecular complexity index is 474. The van der Waals surface area contributed by atoms with E-state index in [1.807, 2.05) is 0 Å². The molecule has 1 aliphatic heterocycles. The summed E-state index contributed by atoms with van der Waals surface area (Å²) >= 11 is 1.76. The van der Waals surface area contributed by atoms with Gasteiger partial charge >= 0.3 is 0 Å². The van der Waals surface area contributed by atoms with Crippen molar-refractivity contribution >= 4 is 17.2 Å². The molecule has 2 saturated carbocycles.